The Morgan fingerprint density at radius 2 is 2.10 bits per heavy atom. The van der Waals surface area contributed by atoms with Crippen LogP contribution >= 0.6 is 0 Å². The number of rotatable bonds is 3. The molecular weight excluding hydrogens is 261 g/mol. The first-order chi connectivity index (χ1) is 9.63. The fourth-order valence-corrected chi connectivity index (χ4v) is 2.06. The summed E-state index contributed by atoms with van der Waals surface area (Å²) in [5.74, 6) is -1.37. The van der Waals surface area contributed by atoms with Gasteiger partial charge in [-0.25, -0.2) is 9.18 Å². The van der Waals surface area contributed by atoms with Crippen LogP contribution in [0.4, 0.5) is 4.39 Å². The zero-order valence-corrected chi connectivity index (χ0v) is 10.3. The van der Waals surface area contributed by atoms with Crippen LogP contribution in [-0.2, 0) is 6.54 Å². The lowest BCUT2D eigenvalue weighted by atomic mass is 10.1. The fraction of sp³-hybridized carbons (Fsp3) is 0.0714. The summed E-state index contributed by atoms with van der Waals surface area (Å²) >= 11 is 0. The summed E-state index contributed by atoms with van der Waals surface area (Å²) in [6, 6.07) is 6.17. The van der Waals surface area contributed by atoms with Crippen molar-refractivity contribution in [2.45, 2.75) is 6.54 Å². The van der Waals surface area contributed by atoms with Crippen molar-refractivity contribution in [1.82, 2.24) is 14.8 Å². The maximum atomic E-state index is 13.1. The van der Waals surface area contributed by atoms with Crippen LogP contribution in [0.25, 0.3) is 10.9 Å². The Balaban J connectivity index is 1.98. The minimum absolute atomic E-state index is 0.212. The molecule has 0 bridgehead atoms. The number of carbonyl (C=O) groups is 1. The van der Waals surface area contributed by atoms with E-state index in [9.17, 15) is 9.18 Å². The van der Waals surface area contributed by atoms with Gasteiger partial charge in [0.05, 0.1) is 30.0 Å². The van der Waals surface area contributed by atoms with E-state index in [2.05, 4.69) is 10.1 Å². The highest BCUT2D eigenvalue weighted by atomic mass is 19.1. The van der Waals surface area contributed by atoms with Crippen LogP contribution in [-0.4, -0.2) is 25.8 Å². The maximum absolute atomic E-state index is 13.1. The molecular formula is C14H10FN3O2. The van der Waals surface area contributed by atoms with Crippen LogP contribution in [0.2, 0.25) is 0 Å². The first-order valence-electron chi connectivity index (χ1n) is 5.92. The van der Waals surface area contributed by atoms with Crippen LogP contribution in [0.1, 0.15) is 15.9 Å². The van der Waals surface area contributed by atoms with Crippen LogP contribution in [0.3, 0.4) is 0 Å². The van der Waals surface area contributed by atoms with Gasteiger partial charge in [-0.2, -0.15) is 5.10 Å². The number of aromatic nitrogens is 3. The van der Waals surface area contributed by atoms with Crippen molar-refractivity contribution >= 4 is 16.9 Å². The maximum Gasteiger partial charge on any atom is 0.335 e. The zero-order chi connectivity index (χ0) is 14.1. The van der Waals surface area contributed by atoms with Gasteiger partial charge in [-0.1, -0.05) is 0 Å². The molecule has 0 spiro atoms. The SMILES string of the molecule is O=C(O)c1ccc2c(cnn2Cc2cncc(F)c2)c1. The van der Waals surface area contributed by atoms with E-state index in [1.165, 1.54) is 12.1 Å². The molecule has 2 heterocycles. The monoisotopic (exact) mass is 271 g/mol. The van der Waals surface area contributed by atoms with Gasteiger partial charge in [0.1, 0.15) is 5.82 Å². The third kappa shape index (κ3) is 2.23. The number of hydrogen-bond acceptors (Lipinski definition) is 3. The predicted molar refractivity (Wildman–Crippen MR) is 70.0 cm³/mol. The number of nitrogens with zero attached hydrogens (tertiary/aromatic N) is 3. The van der Waals surface area contributed by atoms with E-state index < -0.39 is 11.8 Å². The number of hydrogen-bond donors (Lipinski definition) is 1. The van der Waals surface area contributed by atoms with Gasteiger partial charge in [0.2, 0.25) is 0 Å². The summed E-state index contributed by atoms with van der Waals surface area (Å²) in [4.78, 5) is 14.7. The van der Waals surface area contributed by atoms with Crippen molar-refractivity contribution in [3.05, 3.63) is 59.8 Å². The van der Waals surface area contributed by atoms with Crippen LogP contribution < -0.4 is 0 Å². The highest BCUT2D eigenvalue weighted by molar-refractivity contribution is 5.93. The third-order valence-corrected chi connectivity index (χ3v) is 2.98. The van der Waals surface area contributed by atoms with Gasteiger partial charge in [0.15, 0.2) is 0 Å². The second kappa shape index (κ2) is 4.73. The van der Waals surface area contributed by atoms with E-state index in [-0.39, 0.29) is 5.56 Å². The molecule has 20 heavy (non-hydrogen) atoms. The molecule has 0 aliphatic heterocycles. The average molecular weight is 271 g/mol. The largest absolute Gasteiger partial charge is 0.478 e. The number of aromatic carboxylic acids is 1. The van der Waals surface area contributed by atoms with Crippen molar-refractivity contribution in [1.29, 1.82) is 0 Å². The molecule has 2 aromatic heterocycles. The minimum Gasteiger partial charge on any atom is -0.478 e. The summed E-state index contributed by atoms with van der Waals surface area (Å²) in [7, 11) is 0. The molecule has 0 amide bonds. The van der Waals surface area contributed by atoms with E-state index in [0.29, 0.717) is 12.1 Å². The van der Waals surface area contributed by atoms with Crippen molar-refractivity contribution < 1.29 is 14.3 Å². The smallest absolute Gasteiger partial charge is 0.335 e. The normalized spacial score (nSPS) is 10.8. The molecule has 3 rings (SSSR count). The van der Waals surface area contributed by atoms with Gasteiger partial charge in [-0.3, -0.25) is 9.67 Å². The third-order valence-electron chi connectivity index (χ3n) is 2.98. The summed E-state index contributed by atoms with van der Waals surface area (Å²) in [6.07, 6.45) is 4.31. The standard InChI is InChI=1S/C14H10FN3O2/c15-12-3-9(5-16-7-12)8-18-13-2-1-10(14(19)20)4-11(13)6-17-18/h1-7H,8H2,(H,19,20). The lowest BCUT2D eigenvalue weighted by Gasteiger charge is -2.04. The van der Waals surface area contributed by atoms with Gasteiger partial charge < -0.3 is 5.11 Å². The van der Waals surface area contributed by atoms with Crippen molar-refractivity contribution in [2.24, 2.45) is 0 Å². The van der Waals surface area contributed by atoms with Crippen LogP contribution in [0.5, 0.6) is 0 Å². The Kier molecular flexibility index (Phi) is 2.90. The number of pyridine rings is 1. The van der Waals surface area contributed by atoms with Gasteiger partial charge in [-0.15, -0.1) is 0 Å². The fourth-order valence-electron chi connectivity index (χ4n) is 2.06. The highest BCUT2D eigenvalue weighted by Gasteiger charge is 2.08. The van der Waals surface area contributed by atoms with E-state index in [0.717, 1.165) is 17.1 Å². The van der Waals surface area contributed by atoms with Gasteiger partial charge in [0, 0.05) is 11.6 Å². The lowest BCUT2D eigenvalue weighted by Crippen LogP contribution is -2.02. The lowest BCUT2D eigenvalue weighted by molar-refractivity contribution is 0.0697. The molecule has 1 aromatic carbocycles. The van der Waals surface area contributed by atoms with Gasteiger partial charge in [0.25, 0.3) is 0 Å². The molecule has 0 saturated heterocycles. The van der Waals surface area contributed by atoms with Crippen LogP contribution in [0, 0.1) is 5.82 Å². The molecule has 0 aliphatic rings. The molecule has 3 aromatic rings. The van der Waals surface area contributed by atoms with Gasteiger partial charge in [-0.05, 0) is 29.8 Å². The summed E-state index contributed by atoms with van der Waals surface area (Å²) < 4.78 is 14.8. The first kappa shape index (κ1) is 12.3. The van der Waals surface area contributed by atoms with Crippen molar-refractivity contribution in [3.63, 3.8) is 0 Å². The second-order valence-electron chi connectivity index (χ2n) is 4.39. The molecule has 0 aliphatic carbocycles. The molecule has 0 saturated carbocycles. The van der Waals surface area contributed by atoms with E-state index in [1.807, 2.05) is 0 Å². The quantitative estimate of drug-likeness (QED) is 0.793. The Morgan fingerprint density at radius 1 is 1.25 bits per heavy atom. The average Bonchev–Trinajstić information content (AvgIpc) is 2.81. The number of benzene rings is 1. The van der Waals surface area contributed by atoms with Crippen LogP contribution in [0.15, 0.2) is 42.9 Å². The van der Waals surface area contributed by atoms with E-state index >= 15 is 0 Å². The minimum atomic E-state index is -0.978. The molecule has 100 valence electrons. The topological polar surface area (TPSA) is 68.0 Å². The Morgan fingerprint density at radius 3 is 2.85 bits per heavy atom. The molecule has 0 unspecified atom stereocenters. The number of carboxylic acid groups (broad SMARTS) is 1. The number of halogens is 1. The predicted octanol–water partition coefficient (Wildman–Crippen LogP) is 2.32. The Labute approximate surface area is 113 Å². The second-order valence-corrected chi connectivity index (χ2v) is 4.39. The highest BCUT2D eigenvalue weighted by Crippen LogP contribution is 2.17. The number of carboxylic acids is 1. The molecule has 0 radical (unpaired) electrons. The Bertz CT molecular complexity index is 798. The molecule has 0 fully saturated rings. The zero-order valence-electron chi connectivity index (χ0n) is 10.3. The summed E-state index contributed by atoms with van der Waals surface area (Å²) in [6.45, 7) is 0.376. The summed E-state index contributed by atoms with van der Waals surface area (Å²) in [5.41, 5.74) is 1.70. The Hall–Kier alpha value is -2.76. The number of fused-ring (bicyclic) bond motifs is 1. The van der Waals surface area contributed by atoms with E-state index in [1.54, 1.807) is 29.2 Å². The van der Waals surface area contributed by atoms with Crippen molar-refractivity contribution in [2.75, 3.05) is 0 Å². The molecule has 6 heteroatoms. The molecule has 5 nitrogen and oxygen atoms in total. The first-order valence-corrected chi connectivity index (χ1v) is 5.92. The molecule has 1 N–H and O–H groups in total. The summed E-state index contributed by atoms with van der Waals surface area (Å²) in [5, 5.41) is 13.9. The van der Waals surface area contributed by atoms with Gasteiger partial charge >= 0.3 is 5.97 Å². The van der Waals surface area contributed by atoms with E-state index in [4.69, 9.17) is 5.11 Å². The van der Waals surface area contributed by atoms with Crippen molar-refractivity contribution in [3.8, 4) is 0 Å². The molecule has 0 atom stereocenters.